The summed E-state index contributed by atoms with van der Waals surface area (Å²) in [5.74, 6) is -2.49. The van der Waals surface area contributed by atoms with E-state index in [9.17, 15) is 9.90 Å². The van der Waals surface area contributed by atoms with Crippen molar-refractivity contribution in [1.29, 1.82) is 0 Å². The maximum Gasteiger partial charge on any atom is 0.346 e. The molecule has 0 bridgehead atoms. The molecule has 1 saturated heterocycles. The molecular formula is C20H25F2NO2. The third kappa shape index (κ3) is 2.28. The van der Waals surface area contributed by atoms with E-state index in [1.807, 2.05) is 19.9 Å². The van der Waals surface area contributed by atoms with E-state index < -0.39 is 23.5 Å². The van der Waals surface area contributed by atoms with Crippen LogP contribution >= 0.6 is 0 Å². The molecule has 3 fully saturated rings. The number of alkyl halides is 2. The molecule has 1 N–H and O–H groups in total. The van der Waals surface area contributed by atoms with Gasteiger partial charge in [0.1, 0.15) is 0 Å². The zero-order chi connectivity index (χ0) is 18.0. The van der Waals surface area contributed by atoms with Gasteiger partial charge >= 0.3 is 6.05 Å². The molecule has 136 valence electrons. The van der Waals surface area contributed by atoms with Gasteiger partial charge in [0.05, 0.1) is 11.3 Å². The van der Waals surface area contributed by atoms with Gasteiger partial charge in [-0.05, 0) is 61.5 Å². The number of rotatable bonds is 6. The van der Waals surface area contributed by atoms with E-state index in [0.29, 0.717) is 23.4 Å². The number of amides is 1. The van der Waals surface area contributed by atoms with Crippen LogP contribution in [0.5, 0.6) is 0 Å². The lowest BCUT2D eigenvalue weighted by Crippen LogP contribution is -2.74. The lowest BCUT2D eigenvalue weighted by Gasteiger charge is -2.53. The van der Waals surface area contributed by atoms with Crippen LogP contribution in [-0.2, 0) is 17.6 Å². The average molecular weight is 349 g/mol. The molecular weight excluding hydrogens is 324 g/mol. The summed E-state index contributed by atoms with van der Waals surface area (Å²) in [6.07, 6.45) is 4.17. The zero-order valence-electron chi connectivity index (χ0n) is 14.8. The highest BCUT2D eigenvalue weighted by Gasteiger charge is 2.76. The van der Waals surface area contributed by atoms with Crippen LogP contribution in [0.1, 0.15) is 50.7 Å². The van der Waals surface area contributed by atoms with Crippen LogP contribution in [0.25, 0.3) is 0 Å². The van der Waals surface area contributed by atoms with Crippen LogP contribution in [0.15, 0.2) is 18.2 Å². The zero-order valence-corrected chi connectivity index (χ0v) is 14.8. The number of anilines is 1. The number of β-lactam (4-membered cyclic amide) rings is 1. The molecule has 1 aromatic rings. The van der Waals surface area contributed by atoms with Crippen LogP contribution in [0.2, 0.25) is 0 Å². The molecule has 0 aromatic heterocycles. The third-order valence-corrected chi connectivity index (χ3v) is 6.23. The Bertz CT molecular complexity index is 675. The van der Waals surface area contributed by atoms with Crippen LogP contribution in [-0.4, -0.2) is 22.7 Å². The number of carbonyl (C=O) groups is 1. The lowest BCUT2D eigenvalue weighted by atomic mass is 9.71. The van der Waals surface area contributed by atoms with Crippen molar-refractivity contribution in [1.82, 2.24) is 0 Å². The molecule has 1 aromatic carbocycles. The van der Waals surface area contributed by atoms with Crippen LogP contribution in [0.3, 0.4) is 0 Å². The van der Waals surface area contributed by atoms with Crippen molar-refractivity contribution in [2.24, 2.45) is 17.8 Å². The Morgan fingerprint density at radius 3 is 1.96 bits per heavy atom. The van der Waals surface area contributed by atoms with Crippen LogP contribution in [0, 0.1) is 17.8 Å². The summed E-state index contributed by atoms with van der Waals surface area (Å²) in [7, 11) is 0. The van der Waals surface area contributed by atoms with Gasteiger partial charge in [-0.25, -0.2) is 0 Å². The lowest BCUT2D eigenvalue weighted by molar-refractivity contribution is -0.212. The first-order valence-electron chi connectivity index (χ1n) is 9.42. The number of carbonyl (C=O) groups excluding carboxylic acids is 1. The highest BCUT2D eigenvalue weighted by molar-refractivity contribution is 6.05. The Morgan fingerprint density at radius 1 is 1.12 bits per heavy atom. The second-order valence-electron chi connectivity index (χ2n) is 7.76. The van der Waals surface area contributed by atoms with Gasteiger partial charge in [0, 0.05) is 0 Å². The second kappa shape index (κ2) is 5.50. The molecule has 3 nitrogen and oxygen atoms in total. The van der Waals surface area contributed by atoms with Crippen molar-refractivity contribution < 1.29 is 18.7 Å². The van der Waals surface area contributed by atoms with Gasteiger partial charge in [-0.3, -0.25) is 9.69 Å². The first kappa shape index (κ1) is 17.0. The molecule has 3 aliphatic rings. The van der Waals surface area contributed by atoms with E-state index in [1.54, 1.807) is 12.1 Å². The minimum Gasteiger partial charge on any atom is -0.388 e. The summed E-state index contributed by atoms with van der Waals surface area (Å²) < 4.78 is 30.5. The average Bonchev–Trinajstić information content (AvgIpc) is 3.46. The number of benzene rings is 1. The van der Waals surface area contributed by atoms with E-state index in [2.05, 4.69) is 0 Å². The molecule has 2 aliphatic carbocycles. The number of aliphatic hydroxyl groups is 1. The molecule has 1 amide bonds. The van der Waals surface area contributed by atoms with Crippen molar-refractivity contribution in [3.05, 3.63) is 29.3 Å². The first-order chi connectivity index (χ1) is 11.9. The molecule has 25 heavy (non-hydrogen) atoms. The van der Waals surface area contributed by atoms with Crippen LogP contribution < -0.4 is 4.90 Å². The van der Waals surface area contributed by atoms with E-state index in [0.717, 1.165) is 36.8 Å². The normalized spacial score (nSPS) is 25.9. The number of hydrogen-bond acceptors (Lipinski definition) is 2. The van der Waals surface area contributed by atoms with Crippen molar-refractivity contribution in [2.75, 3.05) is 4.90 Å². The number of halogens is 2. The quantitative estimate of drug-likeness (QED) is 0.625. The summed E-state index contributed by atoms with van der Waals surface area (Å²) >= 11 is 0. The number of nitrogens with zero attached hydrogens (tertiary/aromatic N) is 1. The van der Waals surface area contributed by atoms with Gasteiger partial charge in [0.2, 0.25) is 5.91 Å². The first-order valence-corrected chi connectivity index (χ1v) is 9.42. The van der Waals surface area contributed by atoms with E-state index in [-0.39, 0.29) is 11.8 Å². The molecule has 5 heteroatoms. The van der Waals surface area contributed by atoms with Crippen LogP contribution in [0.4, 0.5) is 14.5 Å². The number of hydrogen-bond donors (Lipinski definition) is 1. The van der Waals surface area contributed by atoms with Crippen molar-refractivity contribution in [3.8, 4) is 0 Å². The van der Waals surface area contributed by atoms with Gasteiger partial charge in [0.25, 0.3) is 0 Å². The van der Waals surface area contributed by atoms with E-state index >= 15 is 8.78 Å². The summed E-state index contributed by atoms with van der Waals surface area (Å²) in [6.45, 7) is 3.81. The fourth-order valence-electron chi connectivity index (χ4n) is 4.62. The Kier molecular flexibility index (Phi) is 3.73. The third-order valence-electron chi connectivity index (χ3n) is 6.23. The summed E-state index contributed by atoms with van der Waals surface area (Å²) in [5.41, 5.74) is 0.345. The maximum atomic E-state index is 15.3. The molecule has 0 spiro atoms. The molecule has 1 aliphatic heterocycles. The topological polar surface area (TPSA) is 40.5 Å². The Labute approximate surface area is 147 Å². The van der Waals surface area contributed by atoms with Gasteiger partial charge in [-0.2, -0.15) is 8.78 Å². The monoisotopic (exact) mass is 349 g/mol. The molecule has 2 saturated carbocycles. The largest absolute Gasteiger partial charge is 0.388 e. The SMILES string of the molecule is CCc1cccc(CC)c1N1C(=O)C(C(O)(C2CC2)C2CC2)C1(F)F. The summed E-state index contributed by atoms with van der Waals surface area (Å²) in [4.78, 5) is 13.6. The highest BCUT2D eigenvalue weighted by Crippen LogP contribution is 2.62. The summed E-state index contributed by atoms with van der Waals surface area (Å²) in [5, 5.41) is 11.1. The Hall–Kier alpha value is -1.49. The fraction of sp³-hybridized carbons (Fsp3) is 0.650. The van der Waals surface area contributed by atoms with Gasteiger partial charge in [-0.1, -0.05) is 32.0 Å². The van der Waals surface area contributed by atoms with Gasteiger partial charge < -0.3 is 5.11 Å². The predicted molar refractivity (Wildman–Crippen MR) is 91.5 cm³/mol. The van der Waals surface area contributed by atoms with Gasteiger partial charge in [0.15, 0.2) is 5.92 Å². The Balaban J connectivity index is 1.74. The van der Waals surface area contributed by atoms with Gasteiger partial charge in [-0.15, -0.1) is 0 Å². The van der Waals surface area contributed by atoms with Crippen molar-refractivity contribution in [3.63, 3.8) is 0 Å². The maximum absolute atomic E-state index is 15.3. The molecule has 1 atom stereocenters. The minimum absolute atomic E-state index is 0.144. The minimum atomic E-state index is -3.33. The molecule has 4 rings (SSSR count). The molecule has 1 heterocycles. The van der Waals surface area contributed by atoms with E-state index in [1.165, 1.54) is 0 Å². The highest BCUT2D eigenvalue weighted by atomic mass is 19.3. The fourth-order valence-corrected chi connectivity index (χ4v) is 4.62. The standard InChI is InChI=1S/C20H25F2NO2/c1-3-12-6-5-7-13(4-2)16(12)23-18(24)17(20(23,21)22)19(25,14-8-9-14)15-10-11-15/h5-7,14-15,17,25H,3-4,8-11H2,1-2H3. The smallest absolute Gasteiger partial charge is 0.346 e. The van der Waals surface area contributed by atoms with E-state index in [4.69, 9.17) is 0 Å². The van der Waals surface area contributed by atoms with Crippen molar-refractivity contribution in [2.45, 2.75) is 64.0 Å². The van der Waals surface area contributed by atoms with Crippen molar-refractivity contribution >= 4 is 11.6 Å². The number of aryl methyl sites for hydroxylation is 2. The summed E-state index contributed by atoms with van der Waals surface area (Å²) in [6, 6.07) is 2.14. The molecule has 0 radical (unpaired) electrons. The predicted octanol–water partition coefficient (Wildman–Crippen LogP) is 3.92. The second-order valence-corrected chi connectivity index (χ2v) is 7.76. The molecule has 1 unspecified atom stereocenters. The Morgan fingerprint density at radius 2 is 1.60 bits per heavy atom. The number of para-hydroxylation sites is 1.